The Labute approximate surface area is 291 Å². The molecule has 0 fully saturated rings. The van der Waals surface area contributed by atoms with Gasteiger partial charge in [-0.25, -0.2) is 9.59 Å². The Morgan fingerprint density at radius 2 is 1.29 bits per heavy atom. The molecule has 0 atom stereocenters. The molecule has 0 bridgehead atoms. The van der Waals surface area contributed by atoms with Crippen LogP contribution in [0, 0.1) is 0 Å². The summed E-state index contributed by atoms with van der Waals surface area (Å²) in [6.45, 7) is 13.3. The fourth-order valence-electron chi connectivity index (χ4n) is 5.19. The Morgan fingerprint density at radius 3 is 1.86 bits per heavy atom. The van der Waals surface area contributed by atoms with Gasteiger partial charge in [-0.1, -0.05) is 48.5 Å². The maximum atomic E-state index is 12.7. The molecule has 10 nitrogen and oxygen atoms in total. The molecule has 2 amide bonds. The first-order valence-corrected chi connectivity index (χ1v) is 16.8. The van der Waals surface area contributed by atoms with Crippen molar-refractivity contribution in [3.05, 3.63) is 83.9 Å². The molecule has 49 heavy (non-hydrogen) atoms. The number of carboxylic acids is 1. The SMILES string of the molecule is CC(C)(C)OC(=O)Nc1ccc(-c2ccc(NC(=O)OC(C)(C)C)cc2C(=NCCC[N+](C)(C)CCCCC(=O)O)c2ccccc2)cc1. The minimum Gasteiger partial charge on any atom is -0.481 e. The van der Waals surface area contributed by atoms with Gasteiger partial charge in [0, 0.05) is 41.9 Å². The van der Waals surface area contributed by atoms with Gasteiger partial charge < -0.3 is 19.1 Å². The molecule has 3 N–H and O–H groups in total. The smallest absolute Gasteiger partial charge is 0.412 e. The highest BCUT2D eigenvalue weighted by atomic mass is 16.6. The molecular weight excluding hydrogens is 620 g/mol. The molecule has 0 saturated heterocycles. The molecule has 0 heterocycles. The third-order valence-corrected chi connectivity index (χ3v) is 7.40. The number of hydrogen-bond donors (Lipinski definition) is 3. The molecule has 0 saturated carbocycles. The predicted molar refractivity (Wildman–Crippen MR) is 196 cm³/mol. The second-order valence-corrected chi connectivity index (χ2v) is 14.8. The number of carboxylic acid groups (broad SMARTS) is 1. The van der Waals surface area contributed by atoms with Gasteiger partial charge in [0.25, 0.3) is 0 Å². The van der Waals surface area contributed by atoms with Crippen LogP contribution in [0.1, 0.15) is 78.4 Å². The van der Waals surface area contributed by atoms with Gasteiger partial charge in [0.2, 0.25) is 0 Å². The average molecular weight is 674 g/mol. The van der Waals surface area contributed by atoms with Crippen molar-refractivity contribution in [1.82, 2.24) is 0 Å². The van der Waals surface area contributed by atoms with Crippen molar-refractivity contribution in [3.63, 3.8) is 0 Å². The number of rotatable bonds is 14. The molecule has 10 heteroatoms. The predicted octanol–water partition coefficient (Wildman–Crippen LogP) is 8.61. The largest absolute Gasteiger partial charge is 0.481 e. The van der Waals surface area contributed by atoms with Gasteiger partial charge in [-0.2, -0.15) is 0 Å². The Morgan fingerprint density at radius 1 is 0.735 bits per heavy atom. The first-order valence-electron chi connectivity index (χ1n) is 16.8. The number of nitrogens with one attached hydrogen (secondary N) is 2. The third-order valence-electron chi connectivity index (χ3n) is 7.40. The summed E-state index contributed by atoms with van der Waals surface area (Å²) >= 11 is 0. The van der Waals surface area contributed by atoms with E-state index in [-0.39, 0.29) is 6.42 Å². The summed E-state index contributed by atoms with van der Waals surface area (Å²) in [5.74, 6) is -0.758. The molecule has 264 valence electrons. The number of aliphatic imine (C=N–C) groups is 1. The van der Waals surface area contributed by atoms with Gasteiger partial charge >= 0.3 is 18.2 Å². The van der Waals surface area contributed by atoms with Crippen molar-refractivity contribution >= 4 is 35.2 Å². The quantitative estimate of drug-likeness (QED) is 0.0894. The minimum atomic E-state index is -0.758. The van der Waals surface area contributed by atoms with Crippen LogP contribution in [-0.2, 0) is 14.3 Å². The summed E-state index contributed by atoms with van der Waals surface area (Å²) in [5.41, 5.74) is 4.25. The van der Waals surface area contributed by atoms with E-state index in [0.717, 1.165) is 58.4 Å². The summed E-state index contributed by atoms with van der Waals surface area (Å²) in [6, 6.07) is 23.2. The van der Waals surface area contributed by atoms with Crippen LogP contribution in [0.25, 0.3) is 11.1 Å². The Kier molecular flexibility index (Phi) is 13.5. The fourth-order valence-corrected chi connectivity index (χ4v) is 5.19. The van der Waals surface area contributed by atoms with Crippen LogP contribution < -0.4 is 10.6 Å². The average Bonchev–Trinajstić information content (AvgIpc) is 2.98. The molecule has 0 aliphatic rings. The van der Waals surface area contributed by atoms with Crippen LogP contribution in [-0.4, -0.2) is 78.4 Å². The van der Waals surface area contributed by atoms with Crippen LogP contribution in [0.3, 0.4) is 0 Å². The number of carbonyl (C=O) groups is 3. The number of nitrogens with zero attached hydrogens (tertiary/aromatic N) is 2. The monoisotopic (exact) mass is 673 g/mol. The lowest BCUT2D eigenvalue weighted by molar-refractivity contribution is -0.890. The standard InChI is InChI=1S/C39H52N4O6/c1-38(2,3)48-36(46)41-30-20-18-28(19-21-30)32-23-22-31(42-37(47)49-39(4,5)6)27-33(32)35(29-15-10-9-11-16-29)40-24-14-26-43(7,8)25-13-12-17-34(44)45/h9-11,15-16,18-23,27H,12-14,17,24-26H2,1-8H3,(H2-,40,41,42,44,45,46,47)/p+1. The lowest BCUT2D eigenvalue weighted by Gasteiger charge is -2.29. The van der Waals surface area contributed by atoms with Crippen LogP contribution in [0.4, 0.5) is 21.0 Å². The number of carbonyl (C=O) groups excluding carboxylic acids is 2. The maximum absolute atomic E-state index is 12.7. The molecular formula is C39H53N4O6+. The highest BCUT2D eigenvalue weighted by Gasteiger charge is 2.20. The summed E-state index contributed by atoms with van der Waals surface area (Å²) < 4.78 is 11.7. The number of aliphatic carboxylic acids is 1. The van der Waals surface area contributed by atoms with Crippen molar-refractivity contribution in [2.45, 2.75) is 78.4 Å². The van der Waals surface area contributed by atoms with E-state index in [9.17, 15) is 14.4 Å². The van der Waals surface area contributed by atoms with Crippen LogP contribution in [0.2, 0.25) is 0 Å². The number of quaternary nitrogens is 1. The lowest BCUT2D eigenvalue weighted by Crippen LogP contribution is -2.41. The summed E-state index contributed by atoms with van der Waals surface area (Å²) in [5, 5.41) is 14.6. The van der Waals surface area contributed by atoms with Gasteiger partial charge in [0.1, 0.15) is 11.2 Å². The van der Waals surface area contributed by atoms with Gasteiger partial charge in [-0.05, 0) is 89.8 Å². The highest BCUT2D eigenvalue weighted by Crippen LogP contribution is 2.31. The van der Waals surface area contributed by atoms with Crippen molar-refractivity contribution in [1.29, 1.82) is 0 Å². The van der Waals surface area contributed by atoms with E-state index in [0.29, 0.717) is 24.3 Å². The van der Waals surface area contributed by atoms with E-state index in [4.69, 9.17) is 19.6 Å². The van der Waals surface area contributed by atoms with Gasteiger partial charge in [-0.15, -0.1) is 0 Å². The van der Waals surface area contributed by atoms with Crippen molar-refractivity contribution in [3.8, 4) is 11.1 Å². The zero-order valence-electron chi connectivity index (χ0n) is 30.3. The fraction of sp³-hybridized carbons (Fsp3) is 0.436. The number of hydrogen-bond acceptors (Lipinski definition) is 6. The van der Waals surface area contributed by atoms with Crippen molar-refractivity contribution in [2.75, 3.05) is 44.4 Å². The molecule has 3 aromatic rings. The molecule has 0 aliphatic heterocycles. The minimum absolute atomic E-state index is 0.192. The Bertz CT molecular complexity index is 1590. The van der Waals surface area contributed by atoms with Crippen molar-refractivity contribution < 1.29 is 33.4 Å². The third kappa shape index (κ3) is 14.1. The summed E-state index contributed by atoms with van der Waals surface area (Å²) in [6.07, 6.45) is 1.47. The van der Waals surface area contributed by atoms with Gasteiger partial charge in [0.05, 0.1) is 32.9 Å². The normalized spacial score (nSPS) is 12.3. The molecule has 3 rings (SSSR count). The van der Waals surface area contributed by atoms with Crippen LogP contribution in [0.5, 0.6) is 0 Å². The van der Waals surface area contributed by atoms with Crippen LogP contribution >= 0.6 is 0 Å². The summed E-state index contributed by atoms with van der Waals surface area (Å²) in [7, 11) is 4.32. The van der Waals surface area contributed by atoms with Crippen LogP contribution in [0.15, 0.2) is 77.8 Å². The zero-order chi connectivity index (χ0) is 36.2. The molecule has 0 spiro atoms. The Hall–Kier alpha value is -4.70. The number of ether oxygens (including phenoxy) is 2. The Balaban J connectivity index is 1.97. The number of anilines is 2. The zero-order valence-corrected chi connectivity index (χ0v) is 30.3. The lowest BCUT2D eigenvalue weighted by atomic mass is 9.92. The number of amides is 2. The van der Waals surface area contributed by atoms with E-state index < -0.39 is 29.4 Å². The van der Waals surface area contributed by atoms with Crippen molar-refractivity contribution in [2.24, 2.45) is 4.99 Å². The first kappa shape index (κ1) is 38.7. The molecule has 0 radical (unpaired) electrons. The first-order chi connectivity index (χ1) is 22.9. The number of unbranched alkanes of at least 4 members (excludes halogenated alkanes) is 1. The summed E-state index contributed by atoms with van der Waals surface area (Å²) in [4.78, 5) is 41.2. The van der Waals surface area contributed by atoms with E-state index in [1.165, 1.54) is 0 Å². The molecule has 3 aromatic carbocycles. The molecule has 0 aromatic heterocycles. The molecule has 0 aliphatic carbocycles. The second kappa shape index (κ2) is 17.1. The maximum Gasteiger partial charge on any atom is 0.412 e. The topological polar surface area (TPSA) is 126 Å². The van der Waals surface area contributed by atoms with E-state index in [1.807, 2.05) is 114 Å². The second-order valence-electron chi connectivity index (χ2n) is 14.8. The highest BCUT2D eigenvalue weighted by molar-refractivity contribution is 6.17. The molecule has 0 unspecified atom stereocenters. The van der Waals surface area contributed by atoms with E-state index >= 15 is 0 Å². The number of benzene rings is 3. The van der Waals surface area contributed by atoms with E-state index in [1.54, 1.807) is 0 Å². The van der Waals surface area contributed by atoms with E-state index in [2.05, 4.69) is 24.7 Å². The van der Waals surface area contributed by atoms with Gasteiger partial charge in [0.15, 0.2) is 0 Å². The van der Waals surface area contributed by atoms with Gasteiger partial charge in [-0.3, -0.25) is 20.4 Å².